The minimum Gasteiger partial charge on any atom is -0.481 e. The zero-order valence-corrected chi connectivity index (χ0v) is 30.3. The third-order valence-corrected chi connectivity index (χ3v) is 11.7. The number of pyridine rings is 2. The van der Waals surface area contributed by atoms with Gasteiger partial charge in [-0.2, -0.15) is 5.26 Å². The summed E-state index contributed by atoms with van der Waals surface area (Å²) >= 11 is 0. The molecular formula is C43H41N7O4. The second kappa shape index (κ2) is 13.6. The lowest BCUT2D eigenvalue weighted by atomic mass is 9.93. The molecule has 3 aromatic heterocycles. The molecule has 3 aromatic carbocycles. The topological polar surface area (TPSA) is 152 Å². The molecule has 0 saturated carbocycles. The predicted octanol–water partition coefficient (Wildman–Crippen LogP) is 7.30. The molecule has 0 spiro atoms. The number of fused-ring (bicyclic) bond motifs is 3. The maximum absolute atomic E-state index is 11.7. The Balaban J connectivity index is 1.01. The number of carbonyl (C=O) groups is 1. The SMILES string of the molecule is Cc1c(Nc2nccc3cc(CN4CC[C@@H](O)C4)cnc23)cccc1-c1cccc(-c2nc3cc4c(c(C#N)c3o2)CC[C@H]4N2CC[C@@H](C(=O)O)C2)c1C. The first-order valence-electron chi connectivity index (χ1n) is 18.7. The van der Waals surface area contributed by atoms with Crippen molar-refractivity contribution in [2.75, 3.05) is 31.5 Å². The van der Waals surface area contributed by atoms with E-state index in [1.54, 1.807) is 6.20 Å². The van der Waals surface area contributed by atoms with Crippen molar-refractivity contribution in [1.29, 1.82) is 5.26 Å². The van der Waals surface area contributed by atoms with Gasteiger partial charge in [0.2, 0.25) is 5.89 Å². The number of oxazole rings is 1. The lowest BCUT2D eigenvalue weighted by Gasteiger charge is -2.24. The summed E-state index contributed by atoms with van der Waals surface area (Å²) in [5.41, 5.74) is 11.6. The number of aliphatic hydroxyl groups excluding tert-OH is 1. The van der Waals surface area contributed by atoms with Gasteiger partial charge in [-0.05, 0) is 115 Å². The van der Waals surface area contributed by atoms with Gasteiger partial charge in [-0.15, -0.1) is 0 Å². The fourth-order valence-electron chi connectivity index (χ4n) is 8.86. The summed E-state index contributed by atoms with van der Waals surface area (Å²) in [4.78, 5) is 30.6. The van der Waals surface area contributed by atoms with Crippen molar-refractivity contribution in [2.45, 2.75) is 58.2 Å². The zero-order valence-electron chi connectivity index (χ0n) is 30.3. The van der Waals surface area contributed by atoms with Gasteiger partial charge < -0.3 is 19.9 Å². The lowest BCUT2D eigenvalue weighted by molar-refractivity contribution is -0.141. The van der Waals surface area contributed by atoms with Crippen LogP contribution in [0.2, 0.25) is 0 Å². The molecule has 5 heterocycles. The number of carboxylic acids is 1. The normalized spacial score (nSPS) is 20.1. The Morgan fingerprint density at radius 3 is 2.59 bits per heavy atom. The van der Waals surface area contributed by atoms with Crippen molar-refractivity contribution in [3.8, 4) is 28.7 Å². The van der Waals surface area contributed by atoms with Gasteiger partial charge in [0.25, 0.3) is 0 Å². The van der Waals surface area contributed by atoms with Crippen molar-refractivity contribution < 1.29 is 19.4 Å². The zero-order chi connectivity index (χ0) is 37.1. The highest BCUT2D eigenvalue weighted by Crippen LogP contribution is 2.44. The van der Waals surface area contributed by atoms with E-state index in [0.29, 0.717) is 47.9 Å². The molecule has 3 atom stereocenters. The Kier molecular flexibility index (Phi) is 8.61. The van der Waals surface area contributed by atoms with Crippen LogP contribution < -0.4 is 5.32 Å². The maximum atomic E-state index is 11.7. The van der Waals surface area contributed by atoms with E-state index in [2.05, 4.69) is 64.3 Å². The van der Waals surface area contributed by atoms with Gasteiger partial charge in [0, 0.05) is 61.3 Å². The number of aliphatic hydroxyl groups is 1. The summed E-state index contributed by atoms with van der Waals surface area (Å²) in [5.74, 6) is 0.0448. The quantitative estimate of drug-likeness (QED) is 0.145. The summed E-state index contributed by atoms with van der Waals surface area (Å²) in [6, 6.07) is 21.0. The van der Waals surface area contributed by atoms with Gasteiger partial charge in [0.15, 0.2) is 11.4 Å². The van der Waals surface area contributed by atoms with E-state index < -0.39 is 5.97 Å². The molecule has 0 radical (unpaired) electrons. The van der Waals surface area contributed by atoms with E-state index in [4.69, 9.17) is 14.4 Å². The second-order valence-electron chi connectivity index (χ2n) is 15.0. The van der Waals surface area contributed by atoms with Crippen LogP contribution in [0, 0.1) is 31.1 Å². The molecule has 54 heavy (non-hydrogen) atoms. The van der Waals surface area contributed by atoms with Crippen molar-refractivity contribution in [1.82, 2.24) is 24.8 Å². The Hall–Kier alpha value is -5.67. The van der Waals surface area contributed by atoms with Crippen LogP contribution in [0.25, 0.3) is 44.6 Å². The number of nitrogens with zero attached hydrogens (tertiary/aromatic N) is 6. The van der Waals surface area contributed by atoms with Crippen LogP contribution >= 0.6 is 0 Å². The number of aromatic nitrogens is 3. The Morgan fingerprint density at radius 2 is 1.81 bits per heavy atom. The van der Waals surface area contributed by atoms with Gasteiger partial charge in [-0.3, -0.25) is 19.6 Å². The number of nitrogens with one attached hydrogen (secondary N) is 1. The highest BCUT2D eigenvalue weighted by atomic mass is 16.4. The van der Waals surface area contributed by atoms with Crippen LogP contribution in [0.1, 0.15) is 58.7 Å². The molecule has 2 saturated heterocycles. The molecule has 272 valence electrons. The van der Waals surface area contributed by atoms with Crippen molar-refractivity contribution in [3.05, 3.63) is 100 Å². The third-order valence-electron chi connectivity index (χ3n) is 11.7. The number of carboxylic acid groups (broad SMARTS) is 1. The van der Waals surface area contributed by atoms with Crippen LogP contribution in [-0.4, -0.2) is 73.2 Å². The third kappa shape index (κ3) is 5.97. The second-order valence-corrected chi connectivity index (χ2v) is 15.0. The van der Waals surface area contributed by atoms with Gasteiger partial charge in [-0.25, -0.2) is 9.97 Å². The molecule has 6 aromatic rings. The highest BCUT2D eigenvalue weighted by molar-refractivity contribution is 5.91. The largest absolute Gasteiger partial charge is 0.481 e. The minimum atomic E-state index is -0.745. The number of aliphatic carboxylic acids is 1. The molecule has 0 bridgehead atoms. The molecule has 3 aliphatic rings. The molecular weight excluding hydrogens is 679 g/mol. The van der Waals surface area contributed by atoms with Gasteiger partial charge in [0.05, 0.1) is 12.0 Å². The first-order valence-corrected chi connectivity index (χ1v) is 18.7. The number of likely N-dealkylation sites (tertiary alicyclic amines) is 2. The molecule has 11 nitrogen and oxygen atoms in total. The molecule has 9 rings (SSSR count). The molecule has 11 heteroatoms. The maximum Gasteiger partial charge on any atom is 0.307 e. The average molecular weight is 720 g/mol. The van der Waals surface area contributed by atoms with Crippen LogP contribution in [0.4, 0.5) is 11.5 Å². The van der Waals surface area contributed by atoms with Gasteiger partial charge in [-0.1, -0.05) is 24.3 Å². The van der Waals surface area contributed by atoms with Crippen molar-refractivity contribution >= 4 is 39.5 Å². The molecule has 0 unspecified atom stereocenters. The summed E-state index contributed by atoms with van der Waals surface area (Å²) in [7, 11) is 0. The van der Waals surface area contributed by atoms with Crippen LogP contribution in [0.5, 0.6) is 0 Å². The monoisotopic (exact) mass is 719 g/mol. The van der Waals surface area contributed by atoms with E-state index in [1.165, 1.54) is 0 Å². The fraction of sp³-hybridized carbons (Fsp3) is 0.326. The van der Waals surface area contributed by atoms with E-state index in [1.807, 2.05) is 36.5 Å². The van der Waals surface area contributed by atoms with Gasteiger partial charge >= 0.3 is 5.97 Å². The number of anilines is 2. The minimum absolute atomic E-state index is 0.0721. The smallest absolute Gasteiger partial charge is 0.307 e. The number of rotatable bonds is 8. The molecule has 3 N–H and O–H groups in total. The summed E-state index contributed by atoms with van der Waals surface area (Å²) in [6.07, 6.45) is 6.50. The van der Waals surface area contributed by atoms with E-state index in [9.17, 15) is 20.3 Å². The highest BCUT2D eigenvalue weighted by Gasteiger charge is 2.37. The Bertz CT molecular complexity index is 2500. The van der Waals surface area contributed by atoms with Gasteiger partial charge in [0.1, 0.15) is 22.7 Å². The average Bonchev–Trinajstić information content (AvgIpc) is 3.99. The van der Waals surface area contributed by atoms with E-state index >= 15 is 0 Å². The molecule has 0 amide bonds. The van der Waals surface area contributed by atoms with Crippen LogP contribution in [0.15, 0.2) is 71.4 Å². The summed E-state index contributed by atoms with van der Waals surface area (Å²) < 4.78 is 6.44. The molecule has 1 aliphatic carbocycles. The Labute approximate surface area is 312 Å². The summed E-state index contributed by atoms with van der Waals surface area (Å²) in [5, 5.41) is 34.4. The first-order chi connectivity index (χ1) is 26.2. The number of benzene rings is 3. The van der Waals surface area contributed by atoms with Crippen LogP contribution in [0.3, 0.4) is 0 Å². The summed E-state index contributed by atoms with van der Waals surface area (Å²) in [6.45, 7) is 7.76. The number of nitriles is 1. The number of β-amino-alcohol motifs (C(OH)–C–C–N with tert-alkyl or cyclic N) is 1. The molecule has 2 aliphatic heterocycles. The van der Waals surface area contributed by atoms with Crippen molar-refractivity contribution in [3.63, 3.8) is 0 Å². The lowest BCUT2D eigenvalue weighted by Crippen LogP contribution is -2.26. The first kappa shape index (κ1) is 34.1. The fourth-order valence-corrected chi connectivity index (χ4v) is 8.86. The number of hydrogen-bond acceptors (Lipinski definition) is 10. The van der Waals surface area contributed by atoms with Crippen molar-refractivity contribution in [2.24, 2.45) is 5.92 Å². The molecule has 2 fully saturated rings. The van der Waals surface area contributed by atoms with Crippen LogP contribution in [-0.2, 0) is 17.8 Å². The van der Waals surface area contributed by atoms with E-state index in [-0.39, 0.29) is 18.1 Å². The Morgan fingerprint density at radius 1 is 1.00 bits per heavy atom. The number of hydrogen-bond donors (Lipinski definition) is 3. The predicted molar refractivity (Wildman–Crippen MR) is 206 cm³/mol. The van der Waals surface area contributed by atoms with E-state index in [0.717, 1.165) is 100.0 Å². The standard InChI is InChI=1S/C43H41N7O4/c1-24-30(31-6-4-8-36(25(31)2)47-41-39-27(11-14-45-41)17-26(20-46-39)21-49-15-13-29(51)23-49)5-3-7-32(24)42-48-37-18-34-33(35(19-44)40(37)54-42)9-10-38(34)50-16-12-28(22-50)43(52)53/h3-8,11,14,17-18,20,28-29,38,51H,9-10,12-13,15-16,21-23H2,1-2H3,(H,45,47)(H,52,53)/t28-,29-,38-/m1/s1.